The number of hydrogen-bond acceptors (Lipinski definition) is 4. The third-order valence-electron chi connectivity index (χ3n) is 2.58. The molecule has 1 aliphatic heterocycles. The van der Waals surface area contributed by atoms with Gasteiger partial charge in [-0.3, -0.25) is 0 Å². The second-order valence-corrected chi connectivity index (χ2v) is 6.17. The summed E-state index contributed by atoms with van der Waals surface area (Å²) in [6.45, 7) is 3.18. The number of rotatable bonds is 5. The van der Waals surface area contributed by atoms with Crippen LogP contribution in [0.4, 0.5) is 0 Å². The van der Waals surface area contributed by atoms with Crippen LogP contribution in [-0.2, 0) is 0 Å². The number of nitrogens with zero attached hydrogens (tertiary/aromatic N) is 1. The fourth-order valence-corrected chi connectivity index (χ4v) is 3.57. The molecule has 0 bridgehead atoms. The molecule has 0 radical (unpaired) electrons. The van der Waals surface area contributed by atoms with E-state index in [-0.39, 0.29) is 6.10 Å². The number of aliphatic hydroxyl groups excluding tert-OH is 1. The van der Waals surface area contributed by atoms with Crippen molar-refractivity contribution in [1.29, 1.82) is 0 Å². The van der Waals surface area contributed by atoms with Crippen LogP contribution in [0.3, 0.4) is 0 Å². The van der Waals surface area contributed by atoms with Crippen LogP contribution in [0.15, 0.2) is 21.7 Å². The maximum Gasteiger partial charge on any atom is 0.0761 e. The van der Waals surface area contributed by atoms with Gasteiger partial charge in [-0.05, 0) is 37.4 Å². The highest BCUT2D eigenvalue weighted by Crippen LogP contribution is 2.24. The topological polar surface area (TPSA) is 23.5 Å². The van der Waals surface area contributed by atoms with Crippen molar-refractivity contribution in [1.82, 2.24) is 4.90 Å². The van der Waals surface area contributed by atoms with Gasteiger partial charge in [0.25, 0.3) is 0 Å². The number of β-amino-alcohol motifs (C(OH)–C–C–N with tert-alkyl or cyclic N) is 1. The van der Waals surface area contributed by atoms with Gasteiger partial charge in [-0.15, -0.1) is 23.1 Å². The second-order valence-electron chi connectivity index (χ2n) is 3.90. The van der Waals surface area contributed by atoms with E-state index in [0.29, 0.717) is 0 Å². The quantitative estimate of drug-likeness (QED) is 0.803. The fourth-order valence-electron chi connectivity index (χ4n) is 1.84. The molecule has 1 aliphatic rings. The molecule has 1 N–H and O–H groups in total. The van der Waals surface area contributed by atoms with Crippen LogP contribution in [0.1, 0.15) is 12.8 Å². The molecule has 0 amide bonds. The van der Waals surface area contributed by atoms with Crippen LogP contribution in [0.25, 0.3) is 0 Å². The molecular weight excluding hydrogens is 226 g/mol. The van der Waals surface area contributed by atoms with Gasteiger partial charge < -0.3 is 10.0 Å². The summed E-state index contributed by atoms with van der Waals surface area (Å²) >= 11 is 3.51. The van der Waals surface area contributed by atoms with Gasteiger partial charge in [-0.1, -0.05) is 6.07 Å². The first-order valence-electron chi connectivity index (χ1n) is 5.41. The van der Waals surface area contributed by atoms with Crippen LogP contribution in [-0.4, -0.2) is 41.5 Å². The molecule has 2 heterocycles. The average molecular weight is 243 g/mol. The molecule has 0 unspecified atom stereocenters. The molecule has 1 aromatic heterocycles. The molecule has 1 atom stereocenters. The van der Waals surface area contributed by atoms with Crippen LogP contribution in [0.2, 0.25) is 0 Å². The zero-order chi connectivity index (χ0) is 10.5. The lowest BCUT2D eigenvalue weighted by Crippen LogP contribution is -2.31. The Labute approximate surface area is 99.3 Å². The van der Waals surface area contributed by atoms with E-state index in [0.717, 1.165) is 12.3 Å². The Bertz CT molecular complexity index is 270. The molecule has 15 heavy (non-hydrogen) atoms. The largest absolute Gasteiger partial charge is 0.391 e. The van der Waals surface area contributed by atoms with Gasteiger partial charge in [-0.2, -0.15) is 0 Å². The predicted octanol–water partition coefficient (Wildman–Crippen LogP) is 2.30. The first-order valence-corrected chi connectivity index (χ1v) is 7.28. The summed E-state index contributed by atoms with van der Waals surface area (Å²) in [7, 11) is 0. The van der Waals surface area contributed by atoms with E-state index in [9.17, 15) is 5.11 Å². The summed E-state index contributed by atoms with van der Waals surface area (Å²) in [5.74, 6) is 0.816. The predicted molar refractivity (Wildman–Crippen MR) is 66.7 cm³/mol. The molecule has 1 aromatic rings. The standard InChI is InChI=1S/C11H17NOS2/c13-10(8-12-5-1-2-6-12)9-15-11-4-3-7-14-11/h3-4,7,10,13H,1-2,5-6,8-9H2/t10-/m0/s1. The smallest absolute Gasteiger partial charge is 0.0761 e. The van der Waals surface area contributed by atoms with Crippen molar-refractivity contribution in [2.24, 2.45) is 0 Å². The van der Waals surface area contributed by atoms with Crippen molar-refractivity contribution >= 4 is 23.1 Å². The lowest BCUT2D eigenvalue weighted by atomic mass is 10.4. The number of thiophene rings is 1. The summed E-state index contributed by atoms with van der Waals surface area (Å²) in [4.78, 5) is 2.36. The maximum atomic E-state index is 9.85. The van der Waals surface area contributed by atoms with Gasteiger partial charge in [0.15, 0.2) is 0 Å². The van der Waals surface area contributed by atoms with E-state index in [1.807, 2.05) is 0 Å². The van der Waals surface area contributed by atoms with E-state index in [2.05, 4.69) is 22.4 Å². The summed E-state index contributed by atoms with van der Waals surface area (Å²) in [5.41, 5.74) is 0. The third kappa shape index (κ3) is 3.79. The Balaban J connectivity index is 1.66. The number of aliphatic hydroxyl groups is 1. The van der Waals surface area contributed by atoms with Crippen LogP contribution in [0.5, 0.6) is 0 Å². The molecule has 0 aliphatic carbocycles. The highest BCUT2D eigenvalue weighted by atomic mass is 32.2. The molecule has 84 valence electrons. The lowest BCUT2D eigenvalue weighted by Gasteiger charge is -2.18. The minimum atomic E-state index is -0.185. The summed E-state index contributed by atoms with van der Waals surface area (Å²) in [6.07, 6.45) is 2.41. The van der Waals surface area contributed by atoms with Crippen LogP contribution in [0, 0.1) is 0 Å². The highest BCUT2D eigenvalue weighted by Gasteiger charge is 2.15. The lowest BCUT2D eigenvalue weighted by molar-refractivity contribution is 0.145. The van der Waals surface area contributed by atoms with Gasteiger partial charge in [0.1, 0.15) is 0 Å². The van der Waals surface area contributed by atoms with Crippen molar-refractivity contribution in [3.63, 3.8) is 0 Å². The first-order chi connectivity index (χ1) is 7.34. The van der Waals surface area contributed by atoms with Crippen molar-refractivity contribution in [3.8, 4) is 0 Å². The zero-order valence-corrected chi connectivity index (χ0v) is 10.4. The SMILES string of the molecule is O[C@H](CSc1cccs1)CN1CCCC1. The zero-order valence-electron chi connectivity index (χ0n) is 8.76. The fraction of sp³-hybridized carbons (Fsp3) is 0.636. The molecule has 2 nitrogen and oxygen atoms in total. The molecule has 1 fully saturated rings. The van der Waals surface area contributed by atoms with Crippen LogP contribution < -0.4 is 0 Å². The monoisotopic (exact) mass is 243 g/mol. The van der Waals surface area contributed by atoms with E-state index in [1.165, 1.54) is 30.1 Å². The molecule has 1 saturated heterocycles. The van der Waals surface area contributed by atoms with Gasteiger partial charge in [0.2, 0.25) is 0 Å². The van der Waals surface area contributed by atoms with E-state index in [4.69, 9.17) is 0 Å². The van der Waals surface area contributed by atoms with Crippen molar-refractivity contribution in [2.45, 2.75) is 23.2 Å². The first kappa shape index (κ1) is 11.5. The van der Waals surface area contributed by atoms with Gasteiger partial charge >= 0.3 is 0 Å². The van der Waals surface area contributed by atoms with Crippen molar-refractivity contribution < 1.29 is 5.11 Å². The second kappa shape index (κ2) is 5.89. The van der Waals surface area contributed by atoms with E-state index in [1.54, 1.807) is 23.1 Å². The van der Waals surface area contributed by atoms with E-state index >= 15 is 0 Å². The summed E-state index contributed by atoms with van der Waals surface area (Å²) in [6, 6.07) is 4.16. The Morgan fingerprint density at radius 1 is 1.47 bits per heavy atom. The van der Waals surface area contributed by atoms with Crippen molar-refractivity contribution in [3.05, 3.63) is 17.5 Å². The summed E-state index contributed by atoms with van der Waals surface area (Å²) in [5, 5.41) is 11.9. The molecular formula is C11H17NOS2. The van der Waals surface area contributed by atoms with Crippen molar-refractivity contribution in [2.75, 3.05) is 25.4 Å². The number of likely N-dealkylation sites (tertiary alicyclic amines) is 1. The normalized spacial score (nSPS) is 19.5. The Kier molecular flexibility index (Phi) is 4.50. The van der Waals surface area contributed by atoms with Gasteiger partial charge in [0.05, 0.1) is 10.3 Å². The van der Waals surface area contributed by atoms with Gasteiger partial charge in [0, 0.05) is 12.3 Å². The molecule has 0 spiro atoms. The Hall–Kier alpha value is -0.0300. The minimum Gasteiger partial charge on any atom is -0.391 e. The Morgan fingerprint density at radius 3 is 2.93 bits per heavy atom. The number of hydrogen-bond donors (Lipinski definition) is 1. The third-order valence-corrected chi connectivity index (χ3v) is 4.86. The maximum absolute atomic E-state index is 9.85. The molecule has 2 rings (SSSR count). The van der Waals surface area contributed by atoms with Gasteiger partial charge in [-0.25, -0.2) is 0 Å². The summed E-state index contributed by atoms with van der Waals surface area (Å²) < 4.78 is 1.30. The minimum absolute atomic E-state index is 0.185. The Morgan fingerprint density at radius 2 is 2.27 bits per heavy atom. The van der Waals surface area contributed by atoms with E-state index < -0.39 is 0 Å². The molecule has 0 aromatic carbocycles. The average Bonchev–Trinajstić information content (AvgIpc) is 2.86. The number of thioether (sulfide) groups is 1. The van der Waals surface area contributed by atoms with Crippen LogP contribution >= 0.6 is 23.1 Å². The molecule has 4 heteroatoms. The highest BCUT2D eigenvalue weighted by molar-refractivity contribution is 8.01. The molecule has 0 saturated carbocycles.